The van der Waals surface area contributed by atoms with Crippen LogP contribution in [0.4, 0.5) is 0 Å². The largest absolute Gasteiger partial charge is 0.356 e. The molecule has 0 heterocycles. The fraction of sp³-hybridized carbons (Fsp3) is 0.921. The number of nitrogens with one attached hydrogen (secondary N) is 3. The molecule has 0 rings (SSSR count). The molecule has 0 aromatic heterocycles. The molecule has 260 valence electrons. The Hall–Kier alpha value is -1.59. The predicted molar refractivity (Wildman–Crippen MR) is 189 cm³/mol. The highest BCUT2D eigenvalue weighted by molar-refractivity contribution is 5.87. The summed E-state index contributed by atoms with van der Waals surface area (Å²) in [6.07, 6.45) is 32.7. The van der Waals surface area contributed by atoms with E-state index in [0.717, 1.165) is 51.4 Å². The van der Waals surface area contributed by atoms with E-state index in [4.69, 9.17) is 0 Å². The quantitative estimate of drug-likeness (QED) is 0.0625. The van der Waals surface area contributed by atoms with Crippen LogP contribution in [-0.2, 0) is 14.4 Å². The zero-order chi connectivity index (χ0) is 32.4. The summed E-state index contributed by atoms with van der Waals surface area (Å²) in [6.45, 7) is 8.02. The highest BCUT2D eigenvalue weighted by Gasteiger charge is 2.20. The molecular weight excluding hydrogens is 546 g/mol. The number of carbonyl (C=O) groups excluding carboxylic acids is 3. The Bertz CT molecular complexity index is 655. The second kappa shape index (κ2) is 34.3. The van der Waals surface area contributed by atoms with E-state index in [1.165, 1.54) is 116 Å². The van der Waals surface area contributed by atoms with Crippen LogP contribution in [0, 0.1) is 0 Å². The van der Waals surface area contributed by atoms with Gasteiger partial charge in [-0.25, -0.2) is 0 Å². The molecule has 0 aromatic carbocycles. The van der Waals surface area contributed by atoms with Gasteiger partial charge in [0.15, 0.2) is 0 Å². The average molecular weight is 622 g/mol. The van der Waals surface area contributed by atoms with Crippen LogP contribution >= 0.6 is 0 Å². The van der Waals surface area contributed by atoms with E-state index in [2.05, 4.69) is 36.7 Å². The summed E-state index contributed by atoms with van der Waals surface area (Å²) in [5.41, 5.74) is 0. The lowest BCUT2D eigenvalue weighted by atomic mass is 10.1. The second-order valence-corrected chi connectivity index (χ2v) is 13.2. The van der Waals surface area contributed by atoms with Crippen molar-refractivity contribution in [2.75, 3.05) is 13.1 Å². The summed E-state index contributed by atoms with van der Waals surface area (Å²) in [5, 5.41) is 9.15. The zero-order valence-electron chi connectivity index (χ0n) is 29.7. The van der Waals surface area contributed by atoms with Crippen LogP contribution in [0.2, 0.25) is 0 Å². The number of carbonyl (C=O) groups is 3. The SMILES string of the molecule is CCCCCCCCCCCC(=O)NCCCC[C@H](NC(=O)CCCCCCCCCCC)C(=O)NCCCCCCCC. The van der Waals surface area contributed by atoms with Gasteiger partial charge in [0, 0.05) is 25.9 Å². The molecule has 0 aliphatic rings. The van der Waals surface area contributed by atoms with Crippen molar-refractivity contribution in [3.05, 3.63) is 0 Å². The molecule has 0 spiro atoms. The van der Waals surface area contributed by atoms with E-state index < -0.39 is 6.04 Å². The minimum Gasteiger partial charge on any atom is -0.356 e. The van der Waals surface area contributed by atoms with E-state index in [1.54, 1.807) is 0 Å². The Morgan fingerprint density at radius 2 is 0.773 bits per heavy atom. The van der Waals surface area contributed by atoms with Gasteiger partial charge in [-0.1, -0.05) is 156 Å². The first kappa shape index (κ1) is 42.4. The van der Waals surface area contributed by atoms with Crippen LogP contribution in [0.5, 0.6) is 0 Å². The summed E-state index contributed by atoms with van der Waals surface area (Å²) >= 11 is 0. The lowest BCUT2D eigenvalue weighted by molar-refractivity contribution is -0.129. The maximum absolute atomic E-state index is 13.0. The van der Waals surface area contributed by atoms with Gasteiger partial charge in [-0.15, -0.1) is 0 Å². The van der Waals surface area contributed by atoms with E-state index in [0.29, 0.717) is 32.4 Å². The Morgan fingerprint density at radius 3 is 1.25 bits per heavy atom. The fourth-order valence-corrected chi connectivity index (χ4v) is 5.76. The summed E-state index contributed by atoms with van der Waals surface area (Å²) in [6, 6.07) is -0.487. The zero-order valence-corrected chi connectivity index (χ0v) is 29.7. The molecule has 3 amide bonds. The van der Waals surface area contributed by atoms with E-state index in [-0.39, 0.29) is 17.7 Å². The third-order valence-electron chi connectivity index (χ3n) is 8.74. The molecule has 0 saturated heterocycles. The van der Waals surface area contributed by atoms with Crippen molar-refractivity contribution in [3.8, 4) is 0 Å². The number of hydrogen-bond donors (Lipinski definition) is 3. The molecule has 0 saturated carbocycles. The molecule has 1 atom stereocenters. The Labute approximate surface area is 273 Å². The maximum atomic E-state index is 13.0. The molecule has 6 nitrogen and oxygen atoms in total. The lowest BCUT2D eigenvalue weighted by Gasteiger charge is -2.19. The van der Waals surface area contributed by atoms with Crippen molar-refractivity contribution in [2.45, 2.75) is 213 Å². The minimum absolute atomic E-state index is 0.0121. The fourth-order valence-electron chi connectivity index (χ4n) is 5.76. The van der Waals surface area contributed by atoms with E-state index in [1.807, 2.05) is 0 Å². The lowest BCUT2D eigenvalue weighted by Crippen LogP contribution is -2.47. The molecule has 0 unspecified atom stereocenters. The van der Waals surface area contributed by atoms with Gasteiger partial charge in [0.25, 0.3) is 0 Å². The molecule has 6 heteroatoms. The molecule has 44 heavy (non-hydrogen) atoms. The molecule has 0 aliphatic heterocycles. The first-order valence-corrected chi connectivity index (χ1v) is 19.4. The van der Waals surface area contributed by atoms with Crippen LogP contribution in [-0.4, -0.2) is 36.9 Å². The summed E-state index contributed by atoms with van der Waals surface area (Å²) in [4.78, 5) is 37.9. The summed E-state index contributed by atoms with van der Waals surface area (Å²) in [7, 11) is 0. The average Bonchev–Trinajstić information content (AvgIpc) is 3.02. The number of unbranched alkanes of at least 4 members (excludes halogenated alkanes) is 22. The third-order valence-corrected chi connectivity index (χ3v) is 8.74. The van der Waals surface area contributed by atoms with Crippen molar-refractivity contribution in [3.63, 3.8) is 0 Å². The van der Waals surface area contributed by atoms with Gasteiger partial charge in [-0.3, -0.25) is 14.4 Å². The van der Waals surface area contributed by atoms with Crippen LogP contribution in [0.3, 0.4) is 0 Å². The molecule has 0 aromatic rings. The predicted octanol–water partition coefficient (Wildman–Crippen LogP) is 10.1. The van der Waals surface area contributed by atoms with Gasteiger partial charge in [0.2, 0.25) is 17.7 Å². The molecule has 3 N–H and O–H groups in total. The third kappa shape index (κ3) is 30.4. The molecule has 0 radical (unpaired) electrons. The van der Waals surface area contributed by atoms with Crippen molar-refractivity contribution in [1.82, 2.24) is 16.0 Å². The first-order valence-electron chi connectivity index (χ1n) is 19.4. The summed E-state index contributed by atoms with van der Waals surface area (Å²) in [5.74, 6) is 0.0609. The van der Waals surface area contributed by atoms with Gasteiger partial charge in [-0.05, 0) is 38.5 Å². The van der Waals surface area contributed by atoms with Crippen LogP contribution in [0.1, 0.15) is 207 Å². The number of amides is 3. The standard InChI is InChI=1S/C38H75N3O3/c1-4-7-10-13-16-18-20-22-25-31-36(42)39-33-29-27-30-35(38(44)40-34-28-24-15-12-9-6-3)41-37(43)32-26-23-21-19-17-14-11-8-5-2/h35H,4-34H2,1-3H3,(H,39,42)(H,40,44)(H,41,43)/t35-/m0/s1. The number of rotatable bonds is 34. The van der Waals surface area contributed by atoms with Crippen LogP contribution in [0.15, 0.2) is 0 Å². The normalized spacial score (nSPS) is 11.8. The van der Waals surface area contributed by atoms with Gasteiger partial charge >= 0.3 is 0 Å². The van der Waals surface area contributed by atoms with Gasteiger partial charge in [-0.2, -0.15) is 0 Å². The van der Waals surface area contributed by atoms with Crippen molar-refractivity contribution in [1.29, 1.82) is 0 Å². The molecule has 0 aliphatic carbocycles. The van der Waals surface area contributed by atoms with E-state index in [9.17, 15) is 14.4 Å². The Kier molecular flexibility index (Phi) is 33.0. The monoisotopic (exact) mass is 622 g/mol. The first-order chi connectivity index (χ1) is 21.5. The smallest absolute Gasteiger partial charge is 0.242 e. The molecular formula is C38H75N3O3. The molecule has 0 bridgehead atoms. The highest BCUT2D eigenvalue weighted by Crippen LogP contribution is 2.12. The summed E-state index contributed by atoms with van der Waals surface area (Å²) < 4.78 is 0. The highest BCUT2D eigenvalue weighted by atomic mass is 16.2. The minimum atomic E-state index is -0.487. The van der Waals surface area contributed by atoms with Crippen molar-refractivity contribution in [2.24, 2.45) is 0 Å². The van der Waals surface area contributed by atoms with Crippen molar-refractivity contribution < 1.29 is 14.4 Å². The van der Waals surface area contributed by atoms with Gasteiger partial charge in [0.1, 0.15) is 6.04 Å². The topological polar surface area (TPSA) is 87.3 Å². The molecule has 0 fully saturated rings. The maximum Gasteiger partial charge on any atom is 0.242 e. The number of hydrogen-bond acceptors (Lipinski definition) is 3. The van der Waals surface area contributed by atoms with Crippen molar-refractivity contribution >= 4 is 17.7 Å². The Morgan fingerprint density at radius 1 is 0.409 bits per heavy atom. The van der Waals surface area contributed by atoms with Gasteiger partial charge < -0.3 is 16.0 Å². The van der Waals surface area contributed by atoms with Gasteiger partial charge in [0.05, 0.1) is 0 Å². The Balaban J connectivity index is 4.25. The van der Waals surface area contributed by atoms with E-state index >= 15 is 0 Å². The van der Waals surface area contributed by atoms with Crippen LogP contribution < -0.4 is 16.0 Å². The second-order valence-electron chi connectivity index (χ2n) is 13.2. The van der Waals surface area contributed by atoms with Crippen LogP contribution in [0.25, 0.3) is 0 Å².